The van der Waals surface area contributed by atoms with E-state index < -0.39 is 0 Å². The molecule has 0 atom stereocenters. The summed E-state index contributed by atoms with van der Waals surface area (Å²) in [5.41, 5.74) is 0. The van der Waals surface area contributed by atoms with Crippen molar-refractivity contribution < 1.29 is 14.3 Å². The third kappa shape index (κ3) is 5.23. The lowest BCUT2D eigenvalue weighted by Crippen LogP contribution is -2.22. The highest BCUT2D eigenvalue weighted by atomic mass is 16.5. The molecule has 132 valence electrons. The van der Waals surface area contributed by atoms with E-state index in [4.69, 9.17) is 9.47 Å². The Morgan fingerprint density at radius 1 is 0.958 bits per heavy atom. The number of esters is 1. The standard InChI is InChI=1S/C20H29NO3/c22-20(17-7-2-1-3-8-17)24-19-11-9-18(10-12-19)23-16-6-15-21-13-4-5-14-21/h9-12,17H,1-8,13-16H2. The third-order valence-corrected chi connectivity index (χ3v) is 5.07. The van der Waals surface area contributed by atoms with Crippen LogP contribution in [0.4, 0.5) is 0 Å². The summed E-state index contributed by atoms with van der Waals surface area (Å²) in [7, 11) is 0. The van der Waals surface area contributed by atoms with Gasteiger partial charge in [-0.25, -0.2) is 0 Å². The van der Waals surface area contributed by atoms with E-state index in [1.54, 1.807) is 0 Å². The molecule has 0 N–H and O–H groups in total. The number of hydrogen-bond donors (Lipinski definition) is 0. The first-order valence-electron chi connectivity index (χ1n) is 9.48. The van der Waals surface area contributed by atoms with Crippen molar-refractivity contribution in [2.24, 2.45) is 5.92 Å². The minimum absolute atomic E-state index is 0.0750. The van der Waals surface area contributed by atoms with Gasteiger partial charge in [-0.05, 0) is 69.5 Å². The molecule has 4 nitrogen and oxygen atoms in total. The van der Waals surface area contributed by atoms with Gasteiger partial charge in [0.05, 0.1) is 12.5 Å². The molecule has 1 aromatic rings. The zero-order valence-corrected chi connectivity index (χ0v) is 14.5. The van der Waals surface area contributed by atoms with Crippen molar-refractivity contribution in [2.45, 2.75) is 51.4 Å². The van der Waals surface area contributed by atoms with Gasteiger partial charge < -0.3 is 14.4 Å². The second-order valence-corrected chi connectivity index (χ2v) is 6.98. The number of rotatable bonds is 7. The van der Waals surface area contributed by atoms with Gasteiger partial charge in [-0.1, -0.05) is 19.3 Å². The van der Waals surface area contributed by atoms with Crippen LogP contribution < -0.4 is 9.47 Å². The maximum atomic E-state index is 12.1. The van der Waals surface area contributed by atoms with Crippen LogP contribution in [-0.2, 0) is 4.79 Å². The van der Waals surface area contributed by atoms with Crippen molar-refractivity contribution in [3.63, 3.8) is 0 Å². The fraction of sp³-hybridized carbons (Fsp3) is 0.650. The molecule has 2 aliphatic rings. The monoisotopic (exact) mass is 331 g/mol. The van der Waals surface area contributed by atoms with Crippen molar-refractivity contribution in [3.8, 4) is 11.5 Å². The van der Waals surface area contributed by atoms with E-state index in [1.807, 2.05) is 24.3 Å². The Bertz CT molecular complexity index is 502. The van der Waals surface area contributed by atoms with Gasteiger partial charge >= 0.3 is 5.97 Å². The minimum atomic E-state index is -0.0750. The summed E-state index contributed by atoms with van der Waals surface area (Å²) in [5.74, 6) is 1.47. The number of carbonyl (C=O) groups is 1. The number of hydrogen-bond acceptors (Lipinski definition) is 4. The van der Waals surface area contributed by atoms with Crippen molar-refractivity contribution in [3.05, 3.63) is 24.3 Å². The summed E-state index contributed by atoms with van der Waals surface area (Å²) in [6.45, 7) is 4.33. The van der Waals surface area contributed by atoms with Crippen LogP contribution in [0.3, 0.4) is 0 Å². The van der Waals surface area contributed by atoms with Crippen molar-refractivity contribution in [1.82, 2.24) is 4.90 Å². The second-order valence-electron chi connectivity index (χ2n) is 6.98. The minimum Gasteiger partial charge on any atom is -0.494 e. The van der Waals surface area contributed by atoms with E-state index in [1.165, 1.54) is 32.4 Å². The molecule has 0 unspecified atom stereocenters. The molecule has 0 radical (unpaired) electrons. The molecule has 1 aliphatic heterocycles. The predicted molar refractivity (Wildman–Crippen MR) is 94.4 cm³/mol. The molecule has 1 heterocycles. The molecule has 1 aliphatic carbocycles. The Hall–Kier alpha value is -1.55. The van der Waals surface area contributed by atoms with E-state index in [-0.39, 0.29) is 11.9 Å². The molecular weight excluding hydrogens is 302 g/mol. The van der Waals surface area contributed by atoms with Crippen LogP contribution in [0.5, 0.6) is 11.5 Å². The van der Waals surface area contributed by atoms with E-state index in [0.717, 1.165) is 51.0 Å². The summed E-state index contributed by atoms with van der Waals surface area (Å²) in [6.07, 6.45) is 9.19. The van der Waals surface area contributed by atoms with Gasteiger partial charge in [0.15, 0.2) is 0 Å². The number of nitrogens with zero attached hydrogens (tertiary/aromatic N) is 1. The average Bonchev–Trinajstić information content (AvgIpc) is 3.14. The fourth-order valence-corrected chi connectivity index (χ4v) is 3.63. The lowest BCUT2D eigenvalue weighted by Gasteiger charge is -2.19. The number of benzene rings is 1. The van der Waals surface area contributed by atoms with E-state index in [0.29, 0.717) is 5.75 Å². The number of likely N-dealkylation sites (tertiary alicyclic amines) is 1. The Labute approximate surface area is 145 Å². The first-order chi connectivity index (χ1) is 11.8. The average molecular weight is 331 g/mol. The quantitative estimate of drug-likeness (QED) is 0.429. The van der Waals surface area contributed by atoms with E-state index in [2.05, 4.69) is 4.90 Å². The molecule has 0 spiro atoms. The lowest BCUT2D eigenvalue weighted by molar-refractivity contribution is -0.139. The molecule has 4 heteroatoms. The van der Waals surface area contributed by atoms with Gasteiger partial charge in [0.2, 0.25) is 0 Å². The van der Waals surface area contributed by atoms with Crippen molar-refractivity contribution in [1.29, 1.82) is 0 Å². The highest BCUT2D eigenvalue weighted by molar-refractivity contribution is 5.75. The lowest BCUT2D eigenvalue weighted by atomic mass is 9.89. The SMILES string of the molecule is O=C(Oc1ccc(OCCCN2CCCC2)cc1)C1CCCCC1. The van der Waals surface area contributed by atoms with Gasteiger partial charge in [-0.3, -0.25) is 4.79 Å². The van der Waals surface area contributed by atoms with Gasteiger partial charge in [-0.15, -0.1) is 0 Å². The summed E-state index contributed by atoms with van der Waals surface area (Å²) in [5, 5.41) is 0. The maximum absolute atomic E-state index is 12.1. The molecule has 1 saturated heterocycles. The molecule has 2 fully saturated rings. The van der Waals surface area contributed by atoms with Crippen molar-refractivity contribution >= 4 is 5.97 Å². The smallest absolute Gasteiger partial charge is 0.314 e. The van der Waals surface area contributed by atoms with Crippen LogP contribution in [0.1, 0.15) is 51.4 Å². The summed E-state index contributed by atoms with van der Waals surface area (Å²) < 4.78 is 11.3. The van der Waals surface area contributed by atoms with Gasteiger partial charge in [-0.2, -0.15) is 0 Å². The molecule has 0 amide bonds. The first-order valence-corrected chi connectivity index (χ1v) is 9.48. The highest BCUT2D eigenvalue weighted by Gasteiger charge is 2.22. The van der Waals surface area contributed by atoms with E-state index >= 15 is 0 Å². The normalized spacial score (nSPS) is 19.3. The molecule has 1 aromatic carbocycles. The van der Waals surface area contributed by atoms with E-state index in [9.17, 15) is 4.79 Å². The van der Waals surface area contributed by atoms with Crippen LogP contribution in [0.25, 0.3) is 0 Å². The number of carbonyl (C=O) groups excluding carboxylic acids is 1. The topological polar surface area (TPSA) is 38.8 Å². The first kappa shape index (κ1) is 17.3. The number of ether oxygens (including phenoxy) is 2. The Kier molecular flexibility index (Phi) is 6.53. The molecule has 0 aromatic heterocycles. The highest BCUT2D eigenvalue weighted by Crippen LogP contribution is 2.26. The van der Waals surface area contributed by atoms with Crippen LogP contribution >= 0.6 is 0 Å². The summed E-state index contributed by atoms with van der Waals surface area (Å²) >= 11 is 0. The van der Waals surface area contributed by atoms with Crippen LogP contribution in [0.2, 0.25) is 0 Å². The Morgan fingerprint density at radius 3 is 2.33 bits per heavy atom. The molecule has 24 heavy (non-hydrogen) atoms. The molecule has 1 saturated carbocycles. The maximum Gasteiger partial charge on any atom is 0.314 e. The van der Waals surface area contributed by atoms with Crippen molar-refractivity contribution in [2.75, 3.05) is 26.2 Å². The molecule has 3 rings (SSSR count). The van der Waals surface area contributed by atoms with Crippen LogP contribution in [0.15, 0.2) is 24.3 Å². The fourth-order valence-electron chi connectivity index (χ4n) is 3.63. The second kappa shape index (κ2) is 9.07. The Balaban J connectivity index is 1.37. The predicted octanol–water partition coefficient (Wildman–Crippen LogP) is 4.04. The van der Waals surface area contributed by atoms with Gasteiger partial charge in [0.1, 0.15) is 11.5 Å². The van der Waals surface area contributed by atoms with Crippen LogP contribution in [0, 0.1) is 5.92 Å². The summed E-state index contributed by atoms with van der Waals surface area (Å²) in [4.78, 5) is 14.6. The zero-order chi connectivity index (χ0) is 16.6. The molecular formula is C20H29NO3. The zero-order valence-electron chi connectivity index (χ0n) is 14.5. The largest absolute Gasteiger partial charge is 0.494 e. The van der Waals surface area contributed by atoms with Gasteiger partial charge in [0, 0.05) is 6.54 Å². The third-order valence-electron chi connectivity index (χ3n) is 5.07. The molecule has 0 bridgehead atoms. The van der Waals surface area contributed by atoms with Crippen LogP contribution in [-0.4, -0.2) is 37.1 Å². The van der Waals surface area contributed by atoms with Gasteiger partial charge in [0.25, 0.3) is 0 Å². The summed E-state index contributed by atoms with van der Waals surface area (Å²) in [6, 6.07) is 7.44. The Morgan fingerprint density at radius 2 is 1.62 bits per heavy atom.